The van der Waals surface area contributed by atoms with Gasteiger partial charge in [0.2, 0.25) is 0 Å². The van der Waals surface area contributed by atoms with E-state index in [0.29, 0.717) is 11.1 Å². The standard InChI is InChI=1S/C19H18N2/c1-5-9-10-13-16(8-4)18(14-20)19(15-21)17(11-6-2)12-7-3/h5-13H,1-2,4H2,3H3/b10-9-,12-7-,16-13+,17-11+,19-18+. The molecule has 0 aliphatic rings. The lowest BCUT2D eigenvalue weighted by Gasteiger charge is -2.05. The minimum Gasteiger partial charge on any atom is -0.192 e. The van der Waals surface area contributed by atoms with Crippen LogP contribution in [0.5, 0.6) is 0 Å². The van der Waals surface area contributed by atoms with Crippen molar-refractivity contribution in [2.75, 3.05) is 0 Å². The van der Waals surface area contributed by atoms with E-state index in [-0.39, 0.29) is 11.1 Å². The van der Waals surface area contributed by atoms with Gasteiger partial charge in [0.05, 0.1) is 11.1 Å². The first kappa shape index (κ1) is 17.9. The maximum Gasteiger partial charge on any atom is 0.101 e. The Balaban J connectivity index is 6.26. The van der Waals surface area contributed by atoms with Crippen LogP contribution in [0, 0.1) is 22.7 Å². The first-order chi connectivity index (χ1) is 10.2. The van der Waals surface area contributed by atoms with Crippen molar-refractivity contribution in [1.29, 1.82) is 10.5 Å². The largest absolute Gasteiger partial charge is 0.192 e. The number of nitrogens with zero attached hydrogens (tertiary/aromatic N) is 2. The van der Waals surface area contributed by atoms with Crippen molar-refractivity contribution in [3.63, 3.8) is 0 Å². The van der Waals surface area contributed by atoms with Gasteiger partial charge in [-0.2, -0.15) is 10.5 Å². The summed E-state index contributed by atoms with van der Waals surface area (Å²) in [7, 11) is 0. The van der Waals surface area contributed by atoms with Crippen molar-refractivity contribution in [2.24, 2.45) is 0 Å². The smallest absolute Gasteiger partial charge is 0.101 e. The Morgan fingerprint density at radius 2 is 1.48 bits per heavy atom. The van der Waals surface area contributed by atoms with E-state index in [2.05, 4.69) is 31.9 Å². The first-order valence-corrected chi connectivity index (χ1v) is 6.32. The van der Waals surface area contributed by atoms with E-state index in [1.165, 1.54) is 0 Å². The van der Waals surface area contributed by atoms with Gasteiger partial charge < -0.3 is 0 Å². The van der Waals surface area contributed by atoms with Gasteiger partial charge in [-0.1, -0.05) is 74.4 Å². The van der Waals surface area contributed by atoms with Gasteiger partial charge in [-0.05, 0) is 18.1 Å². The van der Waals surface area contributed by atoms with Gasteiger partial charge in [-0.15, -0.1) is 0 Å². The number of nitriles is 2. The summed E-state index contributed by atoms with van der Waals surface area (Å²) >= 11 is 0. The number of allylic oxidation sites excluding steroid dienone is 13. The fourth-order valence-corrected chi connectivity index (χ4v) is 1.55. The molecule has 0 saturated heterocycles. The second-order valence-electron chi connectivity index (χ2n) is 3.78. The van der Waals surface area contributed by atoms with Gasteiger partial charge in [0.25, 0.3) is 0 Å². The van der Waals surface area contributed by atoms with Crippen LogP contribution in [0.4, 0.5) is 0 Å². The van der Waals surface area contributed by atoms with Crippen LogP contribution in [0.1, 0.15) is 6.92 Å². The van der Waals surface area contributed by atoms with Crippen molar-refractivity contribution >= 4 is 0 Å². The molecule has 0 unspecified atom stereocenters. The van der Waals surface area contributed by atoms with Crippen molar-refractivity contribution in [2.45, 2.75) is 6.92 Å². The fourth-order valence-electron chi connectivity index (χ4n) is 1.55. The molecule has 2 nitrogen and oxygen atoms in total. The van der Waals surface area contributed by atoms with E-state index < -0.39 is 0 Å². The van der Waals surface area contributed by atoms with Crippen LogP contribution >= 0.6 is 0 Å². The first-order valence-electron chi connectivity index (χ1n) is 6.32. The highest BCUT2D eigenvalue weighted by molar-refractivity contribution is 5.63. The fraction of sp³-hybridized carbons (Fsp3) is 0.0526. The number of hydrogen-bond acceptors (Lipinski definition) is 2. The Kier molecular flexibility index (Phi) is 9.20. The summed E-state index contributed by atoms with van der Waals surface area (Å²) in [6, 6.07) is 4.16. The van der Waals surface area contributed by atoms with Gasteiger partial charge in [0.1, 0.15) is 12.1 Å². The number of hydrogen-bond donors (Lipinski definition) is 0. The molecule has 0 amide bonds. The van der Waals surface area contributed by atoms with Gasteiger partial charge >= 0.3 is 0 Å². The molecule has 0 fully saturated rings. The normalized spacial score (nSPS) is 13.5. The molecule has 0 rings (SSSR count). The molecule has 0 bridgehead atoms. The van der Waals surface area contributed by atoms with Gasteiger partial charge in [-0.25, -0.2) is 0 Å². The predicted octanol–water partition coefficient (Wildman–Crippen LogP) is 4.87. The zero-order valence-electron chi connectivity index (χ0n) is 12.2. The molecule has 0 aromatic heterocycles. The Morgan fingerprint density at radius 3 is 1.90 bits per heavy atom. The SMILES string of the molecule is C=C\C=C/C=C(C=C)/C(C#N)=C(C#N)/C(/C=C\C)=C/C=C. The second kappa shape index (κ2) is 10.8. The summed E-state index contributed by atoms with van der Waals surface area (Å²) in [6.45, 7) is 12.7. The number of rotatable bonds is 7. The Labute approximate surface area is 127 Å². The Morgan fingerprint density at radius 1 is 0.857 bits per heavy atom. The van der Waals surface area contributed by atoms with Crippen molar-refractivity contribution in [3.8, 4) is 12.1 Å². The summed E-state index contributed by atoms with van der Waals surface area (Å²) in [6.07, 6.45) is 15.2. The zero-order valence-corrected chi connectivity index (χ0v) is 12.2. The van der Waals surface area contributed by atoms with Crippen LogP contribution < -0.4 is 0 Å². The third kappa shape index (κ3) is 5.59. The molecule has 0 aromatic rings. The molecule has 0 spiro atoms. The molecule has 2 heteroatoms. The van der Waals surface area contributed by atoms with Gasteiger partial charge in [0.15, 0.2) is 0 Å². The van der Waals surface area contributed by atoms with Crippen LogP contribution in [-0.4, -0.2) is 0 Å². The van der Waals surface area contributed by atoms with Gasteiger partial charge in [-0.3, -0.25) is 0 Å². The molecule has 0 aliphatic carbocycles. The molecule has 21 heavy (non-hydrogen) atoms. The van der Waals surface area contributed by atoms with E-state index in [0.717, 1.165) is 0 Å². The zero-order chi connectivity index (χ0) is 16.1. The molecule has 0 N–H and O–H groups in total. The molecule has 0 saturated carbocycles. The lowest BCUT2D eigenvalue weighted by Crippen LogP contribution is -1.94. The lowest BCUT2D eigenvalue weighted by atomic mass is 9.95. The topological polar surface area (TPSA) is 47.6 Å². The highest BCUT2D eigenvalue weighted by Gasteiger charge is 2.11. The second-order valence-corrected chi connectivity index (χ2v) is 3.78. The van der Waals surface area contributed by atoms with Crippen molar-refractivity contribution < 1.29 is 0 Å². The molecule has 0 atom stereocenters. The Bertz CT molecular complexity index is 636. The van der Waals surface area contributed by atoms with E-state index in [9.17, 15) is 10.5 Å². The van der Waals surface area contributed by atoms with Crippen LogP contribution in [-0.2, 0) is 0 Å². The lowest BCUT2D eigenvalue weighted by molar-refractivity contribution is 1.38. The summed E-state index contributed by atoms with van der Waals surface area (Å²) in [5.41, 5.74) is 1.76. The summed E-state index contributed by atoms with van der Waals surface area (Å²) < 4.78 is 0. The minimum absolute atomic E-state index is 0.271. The van der Waals surface area contributed by atoms with Crippen molar-refractivity contribution in [3.05, 3.63) is 96.7 Å². The van der Waals surface area contributed by atoms with Crippen molar-refractivity contribution in [1.82, 2.24) is 0 Å². The third-order valence-electron chi connectivity index (χ3n) is 2.44. The molecular formula is C19H18N2. The third-order valence-corrected chi connectivity index (χ3v) is 2.44. The Hall–Kier alpha value is -3.10. The maximum absolute atomic E-state index is 9.40. The minimum atomic E-state index is 0.271. The maximum atomic E-state index is 9.40. The summed E-state index contributed by atoms with van der Waals surface area (Å²) in [5, 5.41) is 18.8. The molecule has 0 heterocycles. The predicted molar refractivity (Wildman–Crippen MR) is 89.0 cm³/mol. The van der Waals surface area contributed by atoms with Crippen LogP contribution in [0.3, 0.4) is 0 Å². The average molecular weight is 274 g/mol. The summed E-state index contributed by atoms with van der Waals surface area (Å²) in [5.74, 6) is 0. The monoisotopic (exact) mass is 274 g/mol. The van der Waals surface area contributed by atoms with E-state index in [1.54, 1.807) is 54.7 Å². The van der Waals surface area contributed by atoms with Gasteiger partial charge in [0, 0.05) is 0 Å². The highest BCUT2D eigenvalue weighted by Crippen LogP contribution is 2.22. The summed E-state index contributed by atoms with van der Waals surface area (Å²) in [4.78, 5) is 0. The van der Waals surface area contributed by atoms with E-state index >= 15 is 0 Å². The highest BCUT2D eigenvalue weighted by atomic mass is 14.3. The molecule has 0 aliphatic heterocycles. The van der Waals surface area contributed by atoms with Crippen LogP contribution in [0.25, 0.3) is 0 Å². The van der Waals surface area contributed by atoms with Crippen LogP contribution in [0.2, 0.25) is 0 Å². The van der Waals surface area contributed by atoms with Crippen LogP contribution in [0.15, 0.2) is 96.7 Å². The van der Waals surface area contributed by atoms with E-state index in [4.69, 9.17) is 0 Å². The average Bonchev–Trinajstić information content (AvgIpc) is 2.50. The molecular weight excluding hydrogens is 256 g/mol. The molecule has 0 radical (unpaired) electrons. The van der Waals surface area contributed by atoms with E-state index in [1.807, 2.05) is 6.92 Å². The quantitative estimate of drug-likeness (QED) is 0.491. The molecule has 0 aromatic carbocycles. The molecule has 104 valence electrons.